The molecule has 9 aromatic carbocycles. The highest BCUT2D eigenvalue weighted by Gasteiger charge is 2.18. The van der Waals surface area contributed by atoms with Gasteiger partial charge in [-0.2, -0.15) is 0 Å². The molecule has 52 heavy (non-hydrogen) atoms. The summed E-state index contributed by atoms with van der Waals surface area (Å²) in [6.07, 6.45) is 0. The van der Waals surface area contributed by atoms with Gasteiger partial charge in [-0.3, -0.25) is 0 Å². The number of benzene rings is 9. The van der Waals surface area contributed by atoms with E-state index in [2.05, 4.69) is 216 Å². The topological polar surface area (TPSA) is 8.17 Å². The molecule has 0 amide bonds. The number of hydrogen-bond acceptors (Lipinski definition) is 1. The SMILES string of the molecule is c1ccc(N(c2ccc(-c3cc4ccccc4c4ccccc34)cc2)c2cccc(-c3cccc4c3c3ccccc3n4-c3ccccc3)c2)cc1. The molecule has 0 aliphatic rings. The van der Waals surface area contributed by atoms with Crippen molar-refractivity contribution in [3.63, 3.8) is 0 Å². The number of fused-ring (bicyclic) bond motifs is 6. The van der Waals surface area contributed by atoms with Crippen molar-refractivity contribution in [2.24, 2.45) is 0 Å². The third-order valence-electron chi connectivity index (χ3n) is 10.3. The second-order valence-electron chi connectivity index (χ2n) is 13.3. The summed E-state index contributed by atoms with van der Waals surface area (Å²) in [5, 5.41) is 7.60. The van der Waals surface area contributed by atoms with Crippen LogP contribution in [0.3, 0.4) is 0 Å². The molecule has 1 aromatic heterocycles. The van der Waals surface area contributed by atoms with Gasteiger partial charge in [-0.15, -0.1) is 0 Å². The van der Waals surface area contributed by atoms with Crippen LogP contribution in [-0.4, -0.2) is 4.57 Å². The van der Waals surface area contributed by atoms with Gasteiger partial charge < -0.3 is 9.47 Å². The van der Waals surface area contributed by atoms with Crippen LogP contribution in [0.4, 0.5) is 17.1 Å². The van der Waals surface area contributed by atoms with E-state index in [1.807, 2.05) is 0 Å². The van der Waals surface area contributed by atoms with Gasteiger partial charge >= 0.3 is 0 Å². The monoisotopic (exact) mass is 662 g/mol. The molecule has 0 fully saturated rings. The van der Waals surface area contributed by atoms with Gasteiger partial charge in [0.2, 0.25) is 0 Å². The maximum Gasteiger partial charge on any atom is 0.0547 e. The van der Waals surface area contributed by atoms with Gasteiger partial charge in [-0.25, -0.2) is 0 Å². The van der Waals surface area contributed by atoms with Crippen LogP contribution in [-0.2, 0) is 0 Å². The van der Waals surface area contributed by atoms with Crippen molar-refractivity contribution in [3.8, 4) is 27.9 Å². The Morgan fingerprint density at radius 1 is 0.327 bits per heavy atom. The normalized spacial score (nSPS) is 11.5. The van der Waals surface area contributed by atoms with Crippen LogP contribution in [0.1, 0.15) is 0 Å². The van der Waals surface area contributed by atoms with Gasteiger partial charge in [0.1, 0.15) is 0 Å². The van der Waals surface area contributed by atoms with Gasteiger partial charge in [0.15, 0.2) is 0 Å². The minimum absolute atomic E-state index is 1.11. The van der Waals surface area contributed by atoms with Gasteiger partial charge in [0.25, 0.3) is 0 Å². The zero-order valence-corrected chi connectivity index (χ0v) is 28.5. The number of anilines is 3. The van der Waals surface area contributed by atoms with Crippen molar-refractivity contribution in [1.29, 1.82) is 0 Å². The van der Waals surface area contributed by atoms with Crippen LogP contribution < -0.4 is 4.90 Å². The summed E-state index contributed by atoms with van der Waals surface area (Å²) in [5.41, 5.74) is 11.7. The quantitative estimate of drug-likeness (QED) is 0.161. The minimum Gasteiger partial charge on any atom is -0.310 e. The molecule has 2 heteroatoms. The van der Waals surface area contributed by atoms with Crippen LogP contribution in [0.25, 0.3) is 71.3 Å². The summed E-state index contributed by atoms with van der Waals surface area (Å²) in [5.74, 6) is 0. The minimum atomic E-state index is 1.11. The Balaban J connectivity index is 1.11. The maximum absolute atomic E-state index is 2.38. The van der Waals surface area contributed by atoms with Crippen molar-refractivity contribution in [2.75, 3.05) is 4.90 Å². The Labute approximate surface area is 303 Å². The van der Waals surface area contributed by atoms with Crippen LogP contribution >= 0.6 is 0 Å². The van der Waals surface area contributed by atoms with Crippen molar-refractivity contribution in [1.82, 2.24) is 4.57 Å². The van der Waals surface area contributed by atoms with E-state index in [9.17, 15) is 0 Å². The Morgan fingerprint density at radius 3 is 1.73 bits per heavy atom. The molecule has 0 unspecified atom stereocenters. The van der Waals surface area contributed by atoms with Gasteiger partial charge in [0, 0.05) is 33.5 Å². The van der Waals surface area contributed by atoms with Crippen LogP contribution in [0.5, 0.6) is 0 Å². The van der Waals surface area contributed by atoms with Crippen LogP contribution in [0.2, 0.25) is 0 Å². The van der Waals surface area contributed by atoms with Crippen molar-refractivity contribution >= 4 is 60.4 Å². The smallest absolute Gasteiger partial charge is 0.0547 e. The number of hydrogen-bond donors (Lipinski definition) is 0. The Morgan fingerprint density at radius 2 is 0.923 bits per heavy atom. The molecule has 0 saturated heterocycles. The largest absolute Gasteiger partial charge is 0.310 e. The number of nitrogens with zero attached hydrogens (tertiary/aromatic N) is 2. The predicted molar refractivity (Wildman–Crippen MR) is 221 cm³/mol. The molecule has 10 rings (SSSR count). The van der Waals surface area contributed by atoms with Gasteiger partial charge in [0.05, 0.1) is 11.0 Å². The summed E-state index contributed by atoms with van der Waals surface area (Å²) < 4.78 is 2.38. The third kappa shape index (κ3) is 4.96. The molecule has 0 N–H and O–H groups in total. The molecular formula is C50H34N2. The fourth-order valence-electron chi connectivity index (χ4n) is 8.04. The molecule has 0 spiro atoms. The standard InChI is InChI=1S/C50H34N2/c1-3-17-38(18-4-1)51(40-31-29-35(30-32-40)47-34-37-15-7-8-22-42(37)44-23-9-10-24-45(44)47)41-21-13-16-36(33-41)43-26-14-28-49-50(43)46-25-11-12-27-48(46)52(49)39-19-5-2-6-20-39/h1-34H. The van der Waals surface area contributed by atoms with Crippen molar-refractivity contribution in [3.05, 3.63) is 206 Å². The fourth-order valence-corrected chi connectivity index (χ4v) is 8.04. The average Bonchev–Trinajstić information content (AvgIpc) is 3.56. The summed E-state index contributed by atoms with van der Waals surface area (Å²) in [6.45, 7) is 0. The number of para-hydroxylation sites is 3. The lowest BCUT2D eigenvalue weighted by Crippen LogP contribution is -2.09. The predicted octanol–water partition coefficient (Wildman–Crippen LogP) is 13.9. The van der Waals surface area contributed by atoms with E-state index in [-0.39, 0.29) is 0 Å². The third-order valence-corrected chi connectivity index (χ3v) is 10.3. The molecule has 0 aliphatic heterocycles. The lowest BCUT2D eigenvalue weighted by Gasteiger charge is -2.26. The highest BCUT2D eigenvalue weighted by Crippen LogP contribution is 2.42. The van der Waals surface area contributed by atoms with E-state index in [0.29, 0.717) is 0 Å². The lowest BCUT2D eigenvalue weighted by molar-refractivity contribution is 1.18. The van der Waals surface area contributed by atoms with Gasteiger partial charge in [-0.1, -0.05) is 140 Å². The van der Waals surface area contributed by atoms with E-state index in [1.54, 1.807) is 0 Å². The first-order valence-corrected chi connectivity index (χ1v) is 17.9. The average molecular weight is 663 g/mol. The van der Waals surface area contributed by atoms with E-state index in [4.69, 9.17) is 0 Å². The fraction of sp³-hybridized carbons (Fsp3) is 0. The molecule has 10 aromatic rings. The van der Waals surface area contributed by atoms with Crippen molar-refractivity contribution < 1.29 is 0 Å². The second-order valence-corrected chi connectivity index (χ2v) is 13.3. The molecule has 0 saturated carbocycles. The van der Waals surface area contributed by atoms with E-state index in [0.717, 1.165) is 22.7 Å². The zero-order chi connectivity index (χ0) is 34.4. The molecule has 0 radical (unpaired) electrons. The summed E-state index contributed by atoms with van der Waals surface area (Å²) in [7, 11) is 0. The van der Waals surface area contributed by atoms with E-state index < -0.39 is 0 Å². The summed E-state index contributed by atoms with van der Waals surface area (Å²) in [4.78, 5) is 2.36. The first-order chi connectivity index (χ1) is 25.8. The molecule has 244 valence electrons. The second kappa shape index (κ2) is 12.5. The highest BCUT2D eigenvalue weighted by molar-refractivity contribution is 6.16. The van der Waals surface area contributed by atoms with Crippen molar-refractivity contribution in [2.45, 2.75) is 0 Å². The Kier molecular flexibility index (Phi) is 7.18. The van der Waals surface area contributed by atoms with Crippen LogP contribution in [0, 0.1) is 0 Å². The zero-order valence-electron chi connectivity index (χ0n) is 28.5. The summed E-state index contributed by atoms with van der Waals surface area (Å²) in [6, 6.07) is 74.6. The first kappa shape index (κ1) is 30.0. The highest BCUT2D eigenvalue weighted by atomic mass is 15.1. The van der Waals surface area contributed by atoms with E-state index >= 15 is 0 Å². The molecule has 0 bridgehead atoms. The Hall–Kier alpha value is -6.90. The number of aromatic nitrogens is 1. The van der Waals surface area contributed by atoms with Crippen LogP contribution in [0.15, 0.2) is 206 Å². The molecule has 1 heterocycles. The summed E-state index contributed by atoms with van der Waals surface area (Å²) >= 11 is 0. The molecular weight excluding hydrogens is 629 g/mol. The lowest BCUT2D eigenvalue weighted by atomic mass is 9.93. The number of rotatable bonds is 6. The molecule has 0 atom stereocenters. The van der Waals surface area contributed by atoms with E-state index in [1.165, 1.54) is 65.6 Å². The molecule has 0 aliphatic carbocycles. The van der Waals surface area contributed by atoms with Gasteiger partial charge in [-0.05, 0) is 111 Å². The Bertz CT molecular complexity index is 2890. The first-order valence-electron chi connectivity index (χ1n) is 17.9. The maximum atomic E-state index is 2.38. The molecule has 2 nitrogen and oxygen atoms in total.